The van der Waals surface area contributed by atoms with Crippen LogP contribution in [0.1, 0.15) is 5.56 Å². The first-order valence-electron chi connectivity index (χ1n) is 4.35. The maximum atomic E-state index is 11.0. The zero-order chi connectivity index (χ0) is 11.3. The van der Waals surface area contributed by atoms with Crippen molar-refractivity contribution in [1.82, 2.24) is 0 Å². The minimum Gasteiger partial charge on any atom is -0.508 e. The maximum Gasteiger partial charge on any atom is 0.315 e. The number of amides is 1. The highest BCUT2D eigenvalue weighted by molar-refractivity contribution is 5.81. The lowest BCUT2D eigenvalue weighted by Gasteiger charge is -2.09. The molecule has 1 aromatic rings. The first-order valence-corrected chi connectivity index (χ1v) is 4.35. The number of hydrogen-bond acceptors (Lipinski definition) is 4. The number of carbonyl (C=O) groups excluding carboxylic acids is 1. The summed E-state index contributed by atoms with van der Waals surface area (Å²) in [4.78, 5) is 21.0. The van der Waals surface area contributed by atoms with Crippen LogP contribution in [0, 0.1) is 4.91 Å². The lowest BCUT2D eigenvalue weighted by atomic mass is 10.1. The quantitative estimate of drug-likeness (QED) is 0.757. The average Bonchev–Trinajstić information content (AvgIpc) is 2.27. The number of aromatic hydroxyl groups is 1. The second kappa shape index (κ2) is 5.21. The van der Waals surface area contributed by atoms with Gasteiger partial charge in [0.15, 0.2) is 0 Å². The number of phenolic OH excluding ortho intramolecular Hbond substituents is 1. The van der Waals surface area contributed by atoms with E-state index in [0.717, 1.165) is 5.56 Å². The van der Waals surface area contributed by atoms with Crippen LogP contribution in [0.4, 0.5) is 0 Å². The standard InChI is InChI=1S/C10H11NO4/c1-15-9(10(13)11-14)6-7-2-4-8(12)5-3-7/h2-5,9,12H,6H2,1H3/t9-/m0/s1. The second-order valence-electron chi connectivity index (χ2n) is 3.02. The Balaban J connectivity index is 2.70. The third kappa shape index (κ3) is 3.14. The first kappa shape index (κ1) is 11.3. The van der Waals surface area contributed by atoms with E-state index in [1.165, 1.54) is 19.2 Å². The Hall–Kier alpha value is -1.75. The Morgan fingerprint density at radius 3 is 2.53 bits per heavy atom. The summed E-state index contributed by atoms with van der Waals surface area (Å²) in [7, 11) is 1.34. The molecular weight excluding hydrogens is 198 g/mol. The van der Waals surface area contributed by atoms with Crippen LogP contribution < -0.4 is 0 Å². The third-order valence-electron chi connectivity index (χ3n) is 2.01. The predicted molar refractivity (Wildman–Crippen MR) is 53.4 cm³/mol. The Labute approximate surface area is 86.7 Å². The number of rotatable bonds is 4. The summed E-state index contributed by atoms with van der Waals surface area (Å²) < 4.78 is 4.83. The molecule has 80 valence electrons. The summed E-state index contributed by atoms with van der Waals surface area (Å²) in [5.74, 6) is -0.682. The summed E-state index contributed by atoms with van der Waals surface area (Å²) in [5, 5.41) is 11.3. The second-order valence-corrected chi connectivity index (χ2v) is 3.02. The highest BCUT2D eigenvalue weighted by Crippen LogP contribution is 2.12. The fourth-order valence-corrected chi connectivity index (χ4v) is 1.18. The number of hydrogen-bond donors (Lipinski definition) is 1. The smallest absolute Gasteiger partial charge is 0.315 e. The Morgan fingerprint density at radius 2 is 2.07 bits per heavy atom. The summed E-state index contributed by atoms with van der Waals surface area (Å²) in [5.41, 5.74) is 0.789. The zero-order valence-electron chi connectivity index (χ0n) is 8.21. The van der Waals surface area contributed by atoms with Crippen LogP contribution in [-0.2, 0) is 16.0 Å². The van der Waals surface area contributed by atoms with Gasteiger partial charge >= 0.3 is 5.91 Å². The molecule has 1 atom stereocenters. The van der Waals surface area contributed by atoms with Crippen molar-refractivity contribution in [3.63, 3.8) is 0 Å². The minimum absolute atomic E-state index is 0.146. The number of carbonyl (C=O) groups is 1. The van der Waals surface area contributed by atoms with Crippen LogP contribution in [0.2, 0.25) is 0 Å². The van der Waals surface area contributed by atoms with Gasteiger partial charge in [0, 0.05) is 18.7 Å². The summed E-state index contributed by atoms with van der Waals surface area (Å²) in [6.45, 7) is 0. The van der Waals surface area contributed by atoms with Crippen LogP contribution in [0.3, 0.4) is 0 Å². The van der Waals surface area contributed by atoms with Crippen molar-refractivity contribution in [2.45, 2.75) is 12.5 Å². The van der Waals surface area contributed by atoms with Crippen molar-refractivity contribution in [1.29, 1.82) is 0 Å². The highest BCUT2D eigenvalue weighted by Gasteiger charge is 2.18. The first-order chi connectivity index (χ1) is 7.17. The van der Waals surface area contributed by atoms with Crippen LogP contribution in [-0.4, -0.2) is 24.2 Å². The van der Waals surface area contributed by atoms with Crippen molar-refractivity contribution in [3.05, 3.63) is 34.7 Å². The van der Waals surface area contributed by atoms with Gasteiger partial charge in [0.05, 0.1) is 0 Å². The number of nitroso groups, excluding NO2 is 1. The summed E-state index contributed by atoms with van der Waals surface area (Å²) in [6.07, 6.45) is -0.589. The summed E-state index contributed by atoms with van der Waals surface area (Å²) in [6, 6.07) is 6.31. The van der Waals surface area contributed by atoms with Crippen molar-refractivity contribution >= 4 is 5.91 Å². The molecule has 0 saturated carbocycles. The number of nitrogens with zero attached hydrogens (tertiary/aromatic N) is 1. The number of methoxy groups -OCH3 is 1. The van der Waals surface area contributed by atoms with Gasteiger partial charge in [0.25, 0.3) is 0 Å². The molecule has 0 aliphatic carbocycles. The lowest BCUT2D eigenvalue weighted by Crippen LogP contribution is -2.23. The van der Waals surface area contributed by atoms with Crippen LogP contribution >= 0.6 is 0 Å². The van der Waals surface area contributed by atoms with Crippen molar-refractivity contribution < 1.29 is 14.6 Å². The summed E-state index contributed by atoms with van der Waals surface area (Å²) >= 11 is 0. The normalized spacial score (nSPS) is 12.1. The fraction of sp³-hybridized carbons (Fsp3) is 0.300. The van der Waals surface area contributed by atoms with Gasteiger partial charge in [0.2, 0.25) is 0 Å². The molecule has 0 fully saturated rings. The van der Waals surface area contributed by atoms with Crippen LogP contribution in [0.25, 0.3) is 0 Å². The van der Waals surface area contributed by atoms with Crippen molar-refractivity contribution in [2.24, 2.45) is 5.18 Å². The molecule has 1 aromatic carbocycles. The van der Waals surface area contributed by atoms with Gasteiger partial charge in [-0.3, -0.25) is 4.79 Å². The van der Waals surface area contributed by atoms with Crippen LogP contribution in [0.5, 0.6) is 5.75 Å². The molecule has 0 spiro atoms. The topological polar surface area (TPSA) is 76.0 Å². The third-order valence-corrected chi connectivity index (χ3v) is 2.01. The lowest BCUT2D eigenvalue weighted by molar-refractivity contribution is -0.127. The molecule has 0 heterocycles. The van der Waals surface area contributed by atoms with Gasteiger partial charge in [-0.2, -0.15) is 0 Å². The van der Waals surface area contributed by atoms with Gasteiger partial charge in [-0.1, -0.05) is 12.1 Å². The molecular formula is C10H11NO4. The molecule has 1 amide bonds. The van der Waals surface area contributed by atoms with Crippen molar-refractivity contribution in [2.75, 3.05) is 7.11 Å². The van der Waals surface area contributed by atoms with E-state index in [0.29, 0.717) is 0 Å². The Kier molecular flexibility index (Phi) is 3.93. The van der Waals surface area contributed by atoms with E-state index in [-0.39, 0.29) is 12.2 Å². The average molecular weight is 209 g/mol. The van der Waals surface area contributed by atoms with Gasteiger partial charge in [-0.05, 0) is 17.7 Å². The van der Waals surface area contributed by atoms with Gasteiger partial charge in [-0.15, -0.1) is 4.91 Å². The van der Waals surface area contributed by atoms with E-state index < -0.39 is 12.0 Å². The molecule has 0 aromatic heterocycles. The Morgan fingerprint density at radius 1 is 1.47 bits per heavy atom. The van der Waals surface area contributed by atoms with E-state index in [1.54, 1.807) is 12.1 Å². The molecule has 1 rings (SSSR count). The maximum absolute atomic E-state index is 11.0. The molecule has 1 N–H and O–H groups in total. The van der Waals surface area contributed by atoms with E-state index >= 15 is 0 Å². The number of phenols is 1. The molecule has 0 aliphatic heterocycles. The molecule has 0 unspecified atom stereocenters. The monoisotopic (exact) mass is 209 g/mol. The van der Waals surface area contributed by atoms with E-state index in [2.05, 4.69) is 5.18 Å². The SMILES string of the molecule is CO[C@@H](Cc1ccc(O)cc1)C(=O)N=O. The molecule has 0 saturated heterocycles. The largest absolute Gasteiger partial charge is 0.508 e. The van der Waals surface area contributed by atoms with Crippen molar-refractivity contribution in [3.8, 4) is 5.75 Å². The molecule has 0 radical (unpaired) electrons. The molecule has 0 aliphatic rings. The highest BCUT2D eigenvalue weighted by atomic mass is 16.5. The van der Waals surface area contributed by atoms with E-state index in [4.69, 9.17) is 9.84 Å². The van der Waals surface area contributed by atoms with Gasteiger partial charge in [0.1, 0.15) is 11.9 Å². The van der Waals surface area contributed by atoms with Gasteiger partial charge < -0.3 is 9.84 Å². The van der Waals surface area contributed by atoms with Gasteiger partial charge in [-0.25, -0.2) is 0 Å². The zero-order valence-corrected chi connectivity index (χ0v) is 8.21. The van der Waals surface area contributed by atoms with E-state index in [1.807, 2.05) is 0 Å². The number of ether oxygens (including phenoxy) is 1. The Bertz CT molecular complexity index is 347. The molecule has 0 bridgehead atoms. The van der Waals surface area contributed by atoms with Crippen LogP contribution in [0.15, 0.2) is 29.4 Å². The molecule has 5 heteroatoms. The fourth-order valence-electron chi connectivity index (χ4n) is 1.18. The number of benzene rings is 1. The molecule has 15 heavy (non-hydrogen) atoms. The molecule has 5 nitrogen and oxygen atoms in total. The minimum atomic E-state index is -0.855. The predicted octanol–water partition coefficient (Wildman–Crippen LogP) is 1.24. The van der Waals surface area contributed by atoms with E-state index in [9.17, 15) is 9.70 Å².